The second-order valence-electron chi connectivity index (χ2n) is 5.12. The molecule has 0 bridgehead atoms. The van der Waals surface area contributed by atoms with Gasteiger partial charge >= 0.3 is 0 Å². The molecule has 1 saturated heterocycles. The van der Waals surface area contributed by atoms with E-state index in [9.17, 15) is 0 Å². The van der Waals surface area contributed by atoms with Gasteiger partial charge in [0.15, 0.2) is 0 Å². The van der Waals surface area contributed by atoms with Crippen LogP contribution >= 0.6 is 11.8 Å². The van der Waals surface area contributed by atoms with E-state index in [1.807, 2.05) is 7.05 Å². The SMILES string of the molecule is CNCCN(C)C1CSCC(C)(C)C1. The number of nitrogens with zero attached hydrogens (tertiary/aromatic N) is 1. The van der Waals surface area contributed by atoms with Crippen molar-refractivity contribution in [2.75, 3.05) is 38.7 Å². The first-order chi connectivity index (χ1) is 6.55. The van der Waals surface area contributed by atoms with E-state index in [-0.39, 0.29) is 0 Å². The molecule has 1 aliphatic heterocycles. The summed E-state index contributed by atoms with van der Waals surface area (Å²) < 4.78 is 0. The zero-order valence-corrected chi connectivity index (χ0v) is 10.8. The summed E-state index contributed by atoms with van der Waals surface area (Å²) in [4.78, 5) is 2.50. The lowest BCUT2D eigenvalue weighted by molar-refractivity contribution is 0.193. The Morgan fingerprint density at radius 2 is 2.21 bits per heavy atom. The van der Waals surface area contributed by atoms with Gasteiger partial charge in [-0.05, 0) is 31.7 Å². The van der Waals surface area contributed by atoms with Gasteiger partial charge in [0.2, 0.25) is 0 Å². The average molecular weight is 216 g/mol. The molecule has 0 radical (unpaired) electrons. The summed E-state index contributed by atoms with van der Waals surface area (Å²) in [5.74, 6) is 2.63. The van der Waals surface area contributed by atoms with Crippen molar-refractivity contribution in [3.05, 3.63) is 0 Å². The fourth-order valence-corrected chi connectivity index (χ4v) is 3.41. The normalized spacial score (nSPS) is 26.8. The summed E-state index contributed by atoms with van der Waals surface area (Å²) in [6.07, 6.45) is 1.35. The van der Waals surface area contributed by atoms with Crippen LogP contribution in [0.2, 0.25) is 0 Å². The molecule has 2 nitrogen and oxygen atoms in total. The Bertz CT molecular complexity index is 171. The lowest BCUT2D eigenvalue weighted by atomic mass is 9.87. The van der Waals surface area contributed by atoms with E-state index < -0.39 is 0 Å². The molecule has 0 amide bonds. The van der Waals surface area contributed by atoms with Gasteiger partial charge in [-0.3, -0.25) is 0 Å². The molecular weight excluding hydrogens is 192 g/mol. The second kappa shape index (κ2) is 5.38. The first-order valence-corrected chi connectivity index (χ1v) is 6.63. The van der Waals surface area contributed by atoms with Crippen LogP contribution in [0.4, 0.5) is 0 Å². The van der Waals surface area contributed by atoms with Gasteiger partial charge in [-0.2, -0.15) is 11.8 Å². The van der Waals surface area contributed by atoms with E-state index in [1.165, 1.54) is 17.9 Å². The standard InChI is InChI=1S/C11H24N2S/c1-11(2)7-10(8-14-9-11)13(4)6-5-12-3/h10,12H,5-9H2,1-4H3. The van der Waals surface area contributed by atoms with Crippen LogP contribution in [-0.2, 0) is 0 Å². The Kier molecular flexibility index (Phi) is 4.74. The lowest BCUT2D eigenvalue weighted by Crippen LogP contribution is -2.43. The Hall–Kier alpha value is 0.270. The maximum absolute atomic E-state index is 3.21. The van der Waals surface area contributed by atoms with Crippen molar-refractivity contribution in [2.24, 2.45) is 5.41 Å². The van der Waals surface area contributed by atoms with Crippen LogP contribution in [0.3, 0.4) is 0 Å². The van der Waals surface area contributed by atoms with Crippen molar-refractivity contribution in [3.8, 4) is 0 Å². The zero-order chi connectivity index (χ0) is 10.6. The largest absolute Gasteiger partial charge is 0.318 e. The van der Waals surface area contributed by atoms with Crippen molar-refractivity contribution in [1.82, 2.24) is 10.2 Å². The van der Waals surface area contributed by atoms with Crippen molar-refractivity contribution in [1.29, 1.82) is 0 Å². The third kappa shape index (κ3) is 3.79. The molecule has 1 heterocycles. The van der Waals surface area contributed by atoms with Crippen molar-refractivity contribution >= 4 is 11.8 Å². The van der Waals surface area contributed by atoms with E-state index in [4.69, 9.17) is 0 Å². The summed E-state index contributed by atoms with van der Waals surface area (Å²) in [6.45, 7) is 7.03. The van der Waals surface area contributed by atoms with E-state index in [0.717, 1.165) is 19.1 Å². The molecule has 1 atom stereocenters. The molecule has 0 aromatic carbocycles. The van der Waals surface area contributed by atoms with Crippen LogP contribution in [0.1, 0.15) is 20.3 Å². The Labute approximate surface area is 92.8 Å². The highest BCUT2D eigenvalue weighted by molar-refractivity contribution is 7.99. The number of likely N-dealkylation sites (N-methyl/N-ethyl adjacent to an activating group) is 2. The Morgan fingerprint density at radius 3 is 2.79 bits per heavy atom. The van der Waals surface area contributed by atoms with Gasteiger partial charge in [-0.25, -0.2) is 0 Å². The van der Waals surface area contributed by atoms with Gasteiger partial charge in [0.25, 0.3) is 0 Å². The Balaban J connectivity index is 2.35. The molecule has 0 spiro atoms. The summed E-state index contributed by atoms with van der Waals surface area (Å²) in [5.41, 5.74) is 0.529. The molecule has 1 unspecified atom stereocenters. The van der Waals surface area contributed by atoms with Gasteiger partial charge in [-0.1, -0.05) is 13.8 Å². The molecule has 0 aromatic heterocycles. The third-order valence-electron chi connectivity index (χ3n) is 2.93. The van der Waals surface area contributed by atoms with Crippen molar-refractivity contribution in [3.63, 3.8) is 0 Å². The number of thioether (sulfide) groups is 1. The highest BCUT2D eigenvalue weighted by Gasteiger charge is 2.30. The molecule has 1 rings (SSSR count). The topological polar surface area (TPSA) is 15.3 Å². The van der Waals surface area contributed by atoms with Gasteiger partial charge in [0, 0.05) is 24.9 Å². The molecule has 1 N–H and O–H groups in total. The number of rotatable bonds is 4. The van der Waals surface area contributed by atoms with Gasteiger partial charge in [0.1, 0.15) is 0 Å². The van der Waals surface area contributed by atoms with Crippen LogP contribution in [0.25, 0.3) is 0 Å². The molecule has 0 aliphatic carbocycles. The van der Waals surface area contributed by atoms with Crippen LogP contribution in [0.5, 0.6) is 0 Å². The fourth-order valence-electron chi connectivity index (χ4n) is 1.98. The fraction of sp³-hybridized carbons (Fsp3) is 1.00. The van der Waals surface area contributed by atoms with Crippen LogP contribution in [0.15, 0.2) is 0 Å². The van der Waals surface area contributed by atoms with Crippen LogP contribution < -0.4 is 5.32 Å². The van der Waals surface area contributed by atoms with Gasteiger partial charge in [0.05, 0.1) is 0 Å². The van der Waals surface area contributed by atoms with E-state index >= 15 is 0 Å². The number of hydrogen-bond donors (Lipinski definition) is 1. The molecule has 1 aliphatic rings. The average Bonchev–Trinajstić information content (AvgIpc) is 2.12. The van der Waals surface area contributed by atoms with Crippen LogP contribution in [-0.4, -0.2) is 49.6 Å². The molecule has 0 aromatic rings. The number of nitrogens with one attached hydrogen (secondary N) is 1. The Morgan fingerprint density at radius 1 is 1.50 bits per heavy atom. The second-order valence-corrected chi connectivity index (χ2v) is 6.15. The predicted octanol–water partition coefficient (Wildman–Crippen LogP) is 1.67. The van der Waals surface area contributed by atoms with Crippen LogP contribution in [0, 0.1) is 5.41 Å². The first kappa shape index (κ1) is 12.3. The highest BCUT2D eigenvalue weighted by Crippen LogP contribution is 2.35. The monoisotopic (exact) mass is 216 g/mol. The summed E-state index contributed by atoms with van der Waals surface area (Å²) in [5, 5.41) is 3.21. The minimum absolute atomic E-state index is 0.529. The highest BCUT2D eigenvalue weighted by atomic mass is 32.2. The number of hydrogen-bond acceptors (Lipinski definition) is 3. The maximum Gasteiger partial charge on any atom is 0.0189 e. The molecule has 84 valence electrons. The van der Waals surface area contributed by atoms with E-state index in [1.54, 1.807) is 0 Å². The lowest BCUT2D eigenvalue weighted by Gasteiger charge is -2.39. The maximum atomic E-state index is 3.21. The minimum atomic E-state index is 0.529. The van der Waals surface area contributed by atoms with Crippen molar-refractivity contribution < 1.29 is 0 Å². The summed E-state index contributed by atoms with van der Waals surface area (Å²) >= 11 is 2.11. The quantitative estimate of drug-likeness (QED) is 0.769. The third-order valence-corrected chi connectivity index (χ3v) is 4.54. The first-order valence-electron chi connectivity index (χ1n) is 5.48. The van der Waals surface area contributed by atoms with Gasteiger partial charge < -0.3 is 10.2 Å². The molecule has 1 fully saturated rings. The molecule has 14 heavy (non-hydrogen) atoms. The summed E-state index contributed by atoms with van der Waals surface area (Å²) in [6, 6.07) is 0.775. The predicted molar refractivity (Wildman–Crippen MR) is 66.1 cm³/mol. The smallest absolute Gasteiger partial charge is 0.0189 e. The molecule has 3 heteroatoms. The molecule has 0 saturated carbocycles. The summed E-state index contributed by atoms with van der Waals surface area (Å²) in [7, 11) is 4.28. The van der Waals surface area contributed by atoms with E-state index in [0.29, 0.717) is 5.41 Å². The molecular formula is C11H24N2S. The zero-order valence-electron chi connectivity index (χ0n) is 9.97. The minimum Gasteiger partial charge on any atom is -0.318 e. The van der Waals surface area contributed by atoms with Gasteiger partial charge in [-0.15, -0.1) is 0 Å². The van der Waals surface area contributed by atoms with E-state index in [2.05, 4.69) is 42.9 Å². The van der Waals surface area contributed by atoms with Crippen molar-refractivity contribution in [2.45, 2.75) is 26.3 Å².